The van der Waals surface area contributed by atoms with Crippen molar-refractivity contribution in [3.63, 3.8) is 0 Å². The Kier molecular flexibility index (Phi) is 22.0. The van der Waals surface area contributed by atoms with E-state index in [1.807, 2.05) is 5.32 Å². The minimum Gasteiger partial charge on any atom is -0.481 e. The Labute approximate surface area is 396 Å². The number of para-hydroxylation sites is 1. The van der Waals surface area contributed by atoms with Crippen LogP contribution in [0.2, 0.25) is 0 Å². The molecule has 2 rings (SSSR count). The molecular formula is C39H48N10O22. The highest BCUT2D eigenvalue weighted by atomic mass is 16.4. The molecule has 0 saturated heterocycles. The van der Waals surface area contributed by atoms with Crippen LogP contribution in [0.3, 0.4) is 0 Å². The zero-order chi connectivity index (χ0) is 53.9. The van der Waals surface area contributed by atoms with Crippen LogP contribution in [0.4, 0.5) is 0 Å². The lowest BCUT2D eigenvalue weighted by atomic mass is 10.0. The second-order valence-electron chi connectivity index (χ2n) is 15.2. The summed E-state index contributed by atoms with van der Waals surface area (Å²) < 4.78 is 0. The number of hydrogen-bond donors (Lipinski definition) is 17. The van der Waals surface area contributed by atoms with Crippen molar-refractivity contribution in [2.24, 2.45) is 11.5 Å². The number of primary amides is 1. The standard InChI is InChI=1S/C39H48N10O22/c40-16(5-14-13-42-17-4-2-1-3-15(14)17)32(63)43-18(7-26(51)52)33(64)44-19(8-27(53)54)34(65)45-20(9-28(55)56)35(66)46-21(10-29(57)58)36(67)47-22(11-30(59)60)37(68)48-23(12-31(61)62)38(69)49-24(39(70)71)6-25(41)50/h1-4,13,16,18-24,42H,5-12,40H2,(H2,41,50)(H,43,63)(H,44,64)(H,45,65)(H,46,66)(H,47,67)(H,48,68)(H,49,69)(H,51,52)(H,53,54)(H,55,56)(H,57,58)(H,59,60)(H,61,62)(H,70,71)/t16-,18-,19-,20-,21-,22-,23-,24-/m0/s1. The number of H-pyrrole nitrogens is 1. The molecule has 0 fully saturated rings. The molecule has 0 aliphatic rings. The van der Waals surface area contributed by atoms with Gasteiger partial charge in [-0.3, -0.25) is 67.1 Å². The fourth-order valence-corrected chi connectivity index (χ4v) is 6.25. The fraction of sp³-hybridized carbons (Fsp3) is 0.410. The van der Waals surface area contributed by atoms with E-state index in [1.54, 1.807) is 57.0 Å². The van der Waals surface area contributed by atoms with Crippen LogP contribution in [-0.4, -0.2) is 178 Å². The number of carbonyl (C=O) groups is 15. The number of carboxylic acids is 7. The van der Waals surface area contributed by atoms with Gasteiger partial charge in [0.1, 0.15) is 42.3 Å². The molecule has 8 amide bonds. The van der Waals surface area contributed by atoms with Crippen LogP contribution in [-0.2, 0) is 78.3 Å². The number of carboxylic acid groups (broad SMARTS) is 7. The Hall–Kier alpha value is -9.23. The molecule has 19 N–H and O–H groups in total. The predicted octanol–water partition coefficient (Wildman–Crippen LogP) is -6.76. The molecule has 0 unspecified atom stereocenters. The maximum Gasteiger partial charge on any atom is 0.326 e. The number of aromatic nitrogens is 1. The molecule has 386 valence electrons. The number of rotatable bonds is 31. The number of fused-ring (bicyclic) bond motifs is 1. The quantitative estimate of drug-likeness (QED) is 0.0334. The summed E-state index contributed by atoms with van der Waals surface area (Å²) in [5.41, 5.74) is 12.2. The normalized spacial score (nSPS) is 14.2. The Balaban J connectivity index is 2.35. The summed E-state index contributed by atoms with van der Waals surface area (Å²) in [6, 6.07) is -10.3. The monoisotopic (exact) mass is 1010 g/mol. The number of carbonyl (C=O) groups excluding carboxylic acids is 8. The smallest absolute Gasteiger partial charge is 0.326 e. The van der Waals surface area contributed by atoms with Gasteiger partial charge in [-0.15, -0.1) is 0 Å². The summed E-state index contributed by atoms with van der Waals surface area (Å²) >= 11 is 0. The van der Waals surface area contributed by atoms with Gasteiger partial charge in [0.15, 0.2) is 0 Å². The second kappa shape index (κ2) is 26.9. The van der Waals surface area contributed by atoms with Gasteiger partial charge in [0, 0.05) is 17.1 Å². The SMILES string of the molecule is NC(=O)C[C@H](NC(=O)[C@H](CC(=O)O)NC(=O)[C@H](CC(=O)O)NC(=O)[C@H](CC(=O)O)NC(=O)[C@H](CC(=O)O)NC(=O)[C@H](CC(=O)O)NC(=O)[C@H](CC(=O)O)NC(=O)[C@@H](N)Cc1c[nH]c2ccccc12)C(=O)O. The molecule has 0 aliphatic carbocycles. The van der Waals surface area contributed by atoms with Gasteiger partial charge in [-0.25, -0.2) is 4.79 Å². The van der Waals surface area contributed by atoms with E-state index in [2.05, 4.69) is 10.3 Å². The first-order valence-electron chi connectivity index (χ1n) is 20.3. The third-order valence-corrected chi connectivity index (χ3v) is 9.54. The number of aliphatic carboxylic acids is 7. The highest BCUT2D eigenvalue weighted by Gasteiger charge is 2.37. The van der Waals surface area contributed by atoms with Crippen molar-refractivity contribution in [3.8, 4) is 0 Å². The summed E-state index contributed by atoms with van der Waals surface area (Å²) in [5.74, 6) is -24.9. The lowest BCUT2D eigenvalue weighted by Gasteiger charge is -2.26. The van der Waals surface area contributed by atoms with Crippen LogP contribution in [0.25, 0.3) is 10.9 Å². The van der Waals surface area contributed by atoms with E-state index >= 15 is 0 Å². The van der Waals surface area contributed by atoms with E-state index in [4.69, 9.17) is 11.5 Å². The molecule has 32 heteroatoms. The van der Waals surface area contributed by atoms with Crippen LogP contribution < -0.4 is 48.7 Å². The average molecular weight is 1010 g/mol. The maximum atomic E-state index is 13.5. The van der Waals surface area contributed by atoms with Crippen LogP contribution in [0.5, 0.6) is 0 Å². The first kappa shape index (κ1) is 57.9. The zero-order valence-corrected chi connectivity index (χ0v) is 36.6. The number of aromatic amines is 1. The highest BCUT2D eigenvalue weighted by molar-refractivity contribution is 6.01. The van der Waals surface area contributed by atoms with Gasteiger partial charge in [0.2, 0.25) is 47.3 Å². The molecule has 71 heavy (non-hydrogen) atoms. The Bertz CT molecular complexity index is 2440. The molecule has 32 nitrogen and oxygen atoms in total. The minimum absolute atomic E-state index is 0.129. The molecule has 0 aliphatic heterocycles. The van der Waals surface area contributed by atoms with Crippen LogP contribution in [0.15, 0.2) is 30.5 Å². The second-order valence-corrected chi connectivity index (χ2v) is 15.2. The molecule has 1 aromatic carbocycles. The van der Waals surface area contributed by atoms with E-state index < -0.39 is 182 Å². The number of nitrogens with two attached hydrogens (primary N) is 2. The van der Waals surface area contributed by atoms with Gasteiger partial charge in [-0.1, -0.05) is 18.2 Å². The summed E-state index contributed by atoms with van der Waals surface area (Å²) in [6.45, 7) is 0. The Morgan fingerprint density at radius 1 is 0.423 bits per heavy atom. The molecule has 0 radical (unpaired) electrons. The van der Waals surface area contributed by atoms with E-state index in [0.29, 0.717) is 16.5 Å². The fourth-order valence-electron chi connectivity index (χ4n) is 6.25. The van der Waals surface area contributed by atoms with Gasteiger partial charge in [0.25, 0.3) is 0 Å². The lowest BCUT2D eigenvalue weighted by molar-refractivity contribution is -0.146. The molecule has 0 saturated carbocycles. The van der Waals surface area contributed by atoms with E-state index in [1.165, 1.54) is 0 Å². The number of benzene rings is 1. The third kappa shape index (κ3) is 19.9. The van der Waals surface area contributed by atoms with Gasteiger partial charge in [-0.2, -0.15) is 0 Å². The Morgan fingerprint density at radius 2 is 0.704 bits per heavy atom. The molecule has 0 bridgehead atoms. The molecular weight excluding hydrogens is 960 g/mol. The first-order valence-corrected chi connectivity index (χ1v) is 20.3. The summed E-state index contributed by atoms with van der Waals surface area (Å²) in [5, 5.41) is 79.5. The van der Waals surface area contributed by atoms with Gasteiger partial charge < -0.3 is 89.4 Å². The van der Waals surface area contributed by atoms with Crippen molar-refractivity contribution in [2.75, 3.05) is 0 Å². The number of amides is 8. The molecule has 0 spiro atoms. The predicted molar refractivity (Wildman–Crippen MR) is 228 cm³/mol. The molecule has 1 aromatic heterocycles. The van der Waals surface area contributed by atoms with Crippen molar-refractivity contribution in [2.45, 2.75) is 99.7 Å². The minimum atomic E-state index is -2.40. The third-order valence-electron chi connectivity index (χ3n) is 9.54. The van der Waals surface area contributed by atoms with Crippen molar-refractivity contribution in [3.05, 3.63) is 36.0 Å². The van der Waals surface area contributed by atoms with Crippen LogP contribution >= 0.6 is 0 Å². The lowest BCUT2D eigenvalue weighted by Crippen LogP contribution is -2.61. The van der Waals surface area contributed by atoms with Crippen molar-refractivity contribution >= 4 is 99.9 Å². The average Bonchev–Trinajstić information content (AvgIpc) is 3.65. The van der Waals surface area contributed by atoms with E-state index in [-0.39, 0.29) is 6.42 Å². The summed E-state index contributed by atoms with van der Waals surface area (Å²) in [7, 11) is 0. The van der Waals surface area contributed by atoms with Crippen LogP contribution in [0.1, 0.15) is 50.5 Å². The molecule has 2 aromatic rings. The summed E-state index contributed by atoms with van der Waals surface area (Å²) in [6.07, 6.45) is -7.67. The number of nitrogens with one attached hydrogen (secondary N) is 8. The van der Waals surface area contributed by atoms with E-state index in [9.17, 15) is 108 Å². The van der Waals surface area contributed by atoms with Crippen molar-refractivity contribution in [1.29, 1.82) is 0 Å². The maximum absolute atomic E-state index is 13.5. The first-order chi connectivity index (χ1) is 33.1. The highest BCUT2D eigenvalue weighted by Crippen LogP contribution is 2.19. The van der Waals surface area contributed by atoms with Gasteiger partial charge >= 0.3 is 41.8 Å². The number of hydrogen-bond acceptors (Lipinski definition) is 16. The van der Waals surface area contributed by atoms with E-state index in [0.717, 1.165) is 0 Å². The van der Waals surface area contributed by atoms with Crippen molar-refractivity contribution < 1.29 is 108 Å². The molecule has 8 atom stereocenters. The van der Waals surface area contributed by atoms with Crippen molar-refractivity contribution in [1.82, 2.24) is 42.2 Å². The summed E-state index contributed by atoms with van der Waals surface area (Å²) in [4.78, 5) is 189. The van der Waals surface area contributed by atoms with Gasteiger partial charge in [0.05, 0.1) is 51.0 Å². The van der Waals surface area contributed by atoms with Crippen LogP contribution in [0, 0.1) is 0 Å². The molecule has 1 heterocycles. The zero-order valence-electron chi connectivity index (χ0n) is 36.6. The largest absolute Gasteiger partial charge is 0.481 e. The topological polar surface area (TPSA) is 550 Å². The Morgan fingerprint density at radius 3 is 0.986 bits per heavy atom. The van der Waals surface area contributed by atoms with Gasteiger partial charge in [-0.05, 0) is 18.1 Å².